The zero-order valence-corrected chi connectivity index (χ0v) is 27.4. The summed E-state index contributed by atoms with van der Waals surface area (Å²) >= 11 is 0. The molecule has 47 heavy (non-hydrogen) atoms. The molecule has 4 amide bonds. The fourth-order valence-electron chi connectivity index (χ4n) is 4.93. The minimum Gasteiger partial charge on any atom is -0.484 e. The maximum absolute atomic E-state index is 12.8. The van der Waals surface area contributed by atoms with E-state index in [2.05, 4.69) is 20.9 Å². The van der Waals surface area contributed by atoms with Crippen LogP contribution in [0.5, 0.6) is 5.75 Å². The van der Waals surface area contributed by atoms with Crippen molar-refractivity contribution in [2.75, 3.05) is 79.0 Å². The van der Waals surface area contributed by atoms with Crippen molar-refractivity contribution in [3.05, 3.63) is 36.0 Å². The molecule has 2 aromatic rings. The third-order valence-electron chi connectivity index (χ3n) is 7.47. The number of carbonyl (C=O) groups is 4. The van der Waals surface area contributed by atoms with E-state index < -0.39 is 0 Å². The second kappa shape index (κ2) is 21.9. The molecule has 2 heterocycles. The molecule has 0 radical (unpaired) electrons. The van der Waals surface area contributed by atoms with E-state index in [1.54, 1.807) is 29.2 Å². The molecule has 1 aromatic heterocycles. The molecule has 14 nitrogen and oxygen atoms in total. The van der Waals surface area contributed by atoms with Gasteiger partial charge in [0, 0.05) is 49.7 Å². The van der Waals surface area contributed by atoms with Gasteiger partial charge in [0.15, 0.2) is 6.61 Å². The van der Waals surface area contributed by atoms with Crippen molar-refractivity contribution < 1.29 is 38.1 Å². The Kier molecular flexibility index (Phi) is 17.5. The molecule has 0 aliphatic carbocycles. The number of ether oxygens (including phenoxy) is 4. The van der Waals surface area contributed by atoms with Gasteiger partial charge in [0.2, 0.25) is 11.8 Å². The summed E-state index contributed by atoms with van der Waals surface area (Å²) in [5, 5.41) is 9.00. The van der Waals surface area contributed by atoms with E-state index in [9.17, 15) is 19.2 Å². The number of amides is 4. The minimum absolute atomic E-state index is 0.0235. The second-order valence-corrected chi connectivity index (χ2v) is 11.3. The van der Waals surface area contributed by atoms with Crippen molar-refractivity contribution in [2.45, 2.75) is 51.5 Å². The summed E-state index contributed by atoms with van der Waals surface area (Å²) in [4.78, 5) is 55.2. The number of aromatic nitrogens is 1. The summed E-state index contributed by atoms with van der Waals surface area (Å²) in [6, 6.07) is 6.78. The van der Waals surface area contributed by atoms with Crippen LogP contribution in [-0.2, 0) is 28.6 Å². The Morgan fingerprint density at radius 2 is 1.64 bits per heavy atom. The first-order valence-electron chi connectivity index (χ1n) is 16.4. The number of likely N-dealkylation sites (tertiary alicyclic amines) is 1. The maximum Gasteiger partial charge on any atom is 0.258 e. The molecule has 1 aliphatic heterocycles. The zero-order chi connectivity index (χ0) is 33.7. The highest BCUT2D eigenvalue weighted by molar-refractivity contribution is 6.07. The number of unbranched alkanes of at least 4 members (excludes halogenated alkanes) is 1. The van der Waals surface area contributed by atoms with Crippen molar-refractivity contribution >= 4 is 34.5 Å². The van der Waals surface area contributed by atoms with Crippen LogP contribution in [0.4, 0.5) is 0 Å². The first kappa shape index (κ1) is 37.6. The molecule has 14 heteroatoms. The molecule has 1 aromatic carbocycles. The lowest BCUT2D eigenvalue weighted by Crippen LogP contribution is -2.38. The van der Waals surface area contributed by atoms with Crippen LogP contribution in [0.15, 0.2) is 30.5 Å². The van der Waals surface area contributed by atoms with E-state index in [4.69, 9.17) is 24.7 Å². The fraction of sp³-hybridized carbons (Fsp3) is 0.606. The van der Waals surface area contributed by atoms with Crippen molar-refractivity contribution in [3.63, 3.8) is 0 Å². The van der Waals surface area contributed by atoms with Gasteiger partial charge in [-0.2, -0.15) is 0 Å². The topological polar surface area (TPSA) is 183 Å². The maximum atomic E-state index is 12.8. The van der Waals surface area contributed by atoms with Gasteiger partial charge in [0.05, 0.1) is 57.3 Å². The number of nitrogens with two attached hydrogens (primary N) is 1. The molecular weight excluding hydrogens is 608 g/mol. The molecule has 1 unspecified atom stereocenters. The molecule has 1 saturated heterocycles. The largest absolute Gasteiger partial charge is 0.484 e. The molecular formula is C33H50N6O8. The second-order valence-electron chi connectivity index (χ2n) is 11.3. The summed E-state index contributed by atoms with van der Waals surface area (Å²) in [7, 11) is 0. The van der Waals surface area contributed by atoms with Crippen LogP contribution in [0, 0.1) is 0 Å². The predicted octanol–water partition coefficient (Wildman–Crippen LogP) is 1.16. The van der Waals surface area contributed by atoms with E-state index >= 15 is 0 Å². The van der Waals surface area contributed by atoms with Gasteiger partial charge in [0.1, 0.15) is 5.75 Å². The molecule has 1 atom stereocenters. The first-order valence-corrected chi connectivity index (χ1v) is 16.4. The van der Waals surface area contributed by atoms with Crippen molar-refractivity contribution in [1.82, 2.24) is 25.8 Å². The summed E-state index contributed by atoms with van der Waals surface area (Å²) in [5.41, 5.74) is 6.43. The summed E-state index contributed by atoms with van der Waals surface area (Å²) < 4.78 is 22.0. The monoisotopic (exact) mass is 658 g/mol. The van der Waals surface area contributed by atoms with Gasteiger partial charge >= 0.3 is 0 Å². The van der Waals surface area contributed by atoms with E-state index in [-0.39, 0.29) is 42.8 Å². The lowest BCUT2D eigenvalue weighted by atomic mass is 10.1. The van der Waals surface area contributed by atoms with E-state index in [1.165, 1.54) is 6.20 Å². The molecule has 0 saturated carbocycles. The van der Waals surface area contributed by atoms with Crippen molar-refractivity contribution in [1.29, 1.82) is 0 Å². The molecule has 5 N–H and O–H groups in total. The Hall–Kier alpha value is -3.85. The lowest BCUT2D eigenvalue weighted by molar-refractivity contribution is -0.129. The Labute approximate surface area is 276 Å². The average Bonchev–Trinajstić information content (AvgIpc) is 3.62. The third kappa shape index (κ3) is 14.6. The lowest BCUT2D eigenvalue weighted by Gasteiger charge is -2.15. The number of hydrogen-bond acceptors (Lipinski definition) is 10. The molecule has 1 fully saturated rings. The Morgan fingerprint density at radius 3 is 2.38 bits per heavy atom. The SMILES string of the molecule is CC(CCCCN)NC(=O)CCOCCOCCOCCNC(=O)COc1ccc2c(C(=O)NCC(=O)N3CCCC3)ccnc2c1. The van der Waals surface area contributed by atoms with Crippen molar-refractivity contribution in [2.24, 2.45) is 5.73 Å². The van der Waals surface area contributed by atoms with Crippen LogP contribution in [0.1, 0.15) is 55.8 Å². The normalized spacial score (nSPS) is 13.4. The van der Waals surface area contributed by atoms with Gasteiger partial charge in [-0.25, -0.2) is 0 Å². The highest BCUT2D eigenvalue weighted by Crippen LogP contribution is 2.22. The van der Waals surface area contributed by atoms with Crippen LogP contribution in [-0.4, -0.2) is 119 Å². The van der Waals surface area contributed by atoms with Crippen LogP contribution in [0.3, 0.4) is 0 Å². The quantitative estimate of drug-likeness (QED) is 0.126. The number of nitrogens with zero attached hydrogens (tertiary/aromatic N) is 2. The number of nitrogens with one attached hydrogen (secondary N) is 3. The standard InChI is InChI=1S/C33H50N6O8/c1-25(6-2-3-11-34)38-30(40)10-16-44-18-20-46-21-19-45-17-13-36-31(41)24-47-26-7-8-27-28(9-12-35-29(27)22-26)33(43)37-23-32(42)39-14-4-5-15-39/h7-9,12,22,25H,2-6,10-11,13-21,23-24,34H2,1H3,(H,36,41)(H,37,43)(H,38,40). The summed E-state index contributed by atoms with van der Waals surface area (Å²) in [6.45, 7) is 6.40. The van der Waals surface area contributed by atoms with Gasteiger partial charge in [-0.1, -0.05) is 6.42 Å². The number of benzene rings is 1. The molecule has 3 rings (SSSR count). The highest BCUT2D eigenvalue weighted by Gasteiger charge is 2.19. The molecule has 0 spiro atoms. The molecule has 260 valence electrons. The van der Waals surface area contributed by atoms with Gasteiger partial charge in [-0.3, -0.25) is 24.2 Å². The zero-order valence-electron chi connectivity index (χ0n) is 27.4. The number of hydrogen-bond donors (Lipinski definition) is 4. The first-order chi connectivity index (χ1) is 22.9. The van der Waals surface area contributed by atoms with Gasteiger partial charge < -0.3 is 45.5 Å². The van der Waals surface area contributed by atoms with Crippen molar-refractivity contribution in [3.8, 4) is 5.75 Å². The fourth-order valence-corrected chi connectivity index (χ4v) is 4.93. The van der Waals surface area contributed by atoms with Gasteiger partial charge in [0.25, 0.3) is 11.8 Å². The Bertz CT molecular complexity index is 1270. The molecule has 1 aliphatic rings. The van der Waals surface area contributed by atoms with Crippen LogP contribution < -0.4 is 26.4 Å². The number of carbonyl (C=O) groups excluding carboxylic acids is 4. The smallest absolute Gasteiger partial charge is 0.258 e. The van der Waals surface area contributed by atoms with Gasteiger partial charge in [-0.15, -0.1) is 0 Å². The minimum atomic E-state index is -0.353. The van der Waals surface area contributed by atoms with Crippen LogP contribution in [0.25, 0.3) is 10.9 Å². The summed E-state index contributed by atoms with van der Waals surface area (Å²) in [6.07, 6.45) is 6.70. The van der Waals surface area contributed by atoms with E-state index in [0.717, 1.165) is 45.2 Å². The van der Waals surface area contributed by atoms with Crippen LogP contribution >= 0.6 is 0 Å². The molecule has 0 bridgehead atoms. The van der Waals surface area contributed by atoms with E-state index in [1.807, 2.05) is 6.92 Å². The Morgan fingerprint density at radius 1 is 0.915 bits per heavy atom. The third-order valence-corrected chi connectivity index (χ3v) is 7.47. The van der Waals surface area contributed by atoms with Gasteiger partial charge in [-0.05, 0) is 57.4 Å². The Balaban J connectivity index is 1.20. The average molecular weight is 659 g/mol. The number of rotatable bonds is 23. The van der Waals surface area contributed by atoms with Crippen LogP contribution in [0.2, 0.25) is 0 Å². The number of fused-ring (bicyclic) bond motifs is 1. The number of pyridine rings is 1. The van der Waals surface area contributed by atoms with E-state index in [0.29, 0.717) is 81.4 Å². The predicted molar refractivity (Wildman–Crippen MR) is 176 cm³/mol. The summed E-state index contributed by atoms with van der Waals surface area (Å²) in [5.74, 6) is -0.331. The highest BCUT2D eigenvalue weighted by atomic mass is 16.5.